The molecule has 0 saturated carbocycles. The number of hydrogen-bond donors (Lipinski definition) is 1. The second-order valence-electron chi connectivity index (χ2n) is 4.57. The molecule has 0 bridgehead atoms. The van der Waals surface area contributed by atoms with E-state index in [1.54, 1.807) is 0 Å². The first kappa shape index (κ1) is 19.4. The Hall–Kier alpha value is -1.96. The summed E-state index contributed by atoms with van der Waals surface area (Å²) in [6.07, 6.45) is 0. The molecule has 0 saturated heterocycles. The third-order valence-electron chi connectivity index (χ3n) is 2.89. The van der Waals surface area contributed by atoms with Crippen LogP contribution in [0.15, 0.2) is 24.3 Å². The first-order valence-electron chi connectivity index (χ1n) is 6.46. The summed E-state index contributed by atoms with van der Waals surface area (Å²) in [5.74, 6) is -6.77. The predicted octanol–water partition coefficient (Wildman–Crippen LogP) is 4.86. The van der Waals surface area contributed by atoms with Crippen LogP contribution in [0, 0.1) is 17.5 Å². The molecule has 0 aromatic heterocycles. The molecule has 0 unspecified atom stereocenters. The van der Waals surface area contributed by atoms with Gasteiger partial charge in [0.05, 0.1) is 26.3 Å². The van der Waals surface area contributed by atoms with Gasteiger partial charge in [0, 0.05) is 0 Å². The first-order valence-corrected chi connectivity index (χ1v) is 7.59. The van der Waals surface area contributed by atoms with Crippen molar-refractivity contribution in [1.29, 1.82) is 0 Å². The van der Waals surface area contributed by atoms with E-state index in [9.17, 15) is 22.8 Å². The second kappa shape index (κ2) is 7.95. The molecule has 2 aromatic carbocycles. The Kier molecular flexibility index (Phi) is 6.16. The summed E-state index contributed by atoms with van der Waals surface area (Å²) in [4.78, 5) is 23.6. The van der Waals surface area contributed by atoms with Crippen LogP contribution in [0.25, 0.3) is 0 Å². The Labute approximate surface area is 154 Å². The minimum absolute atomic E-state index is 0.0475. The minimum atomic E-state index is -1.74. The summed E-state index contributed by atoms with van der Waals surface area (Å²) >= 11 is 17.4. The first-order chi connectivity index (χ1) is 11.7. The maximum Gasteiger partial charge on any atom is 0.341 e. The Bertz CT molecular complexity index is 862. The van der Waals surface area contributed by atoms with Crippen molar-refractivity contribution in [3.8, 4) is 0 Å². The normalized spacial score (nSPS) is 10.5. The Morgan fingerprint density at radius 2 is 1.60 bits per heavy atom. The minimum Gasteiger partial charge on any atom is -0.452 e. The number of hydrogen-bond acceptors (Lipinski definition) is 3. The summed E-state index contributed by atoms with van der Waals surface area (Å²) < 4.78 is 44.0. The lowest BCUT2D eigenvalue weighted by Crippen LogP contribution is -2.22. The van der Waals surface area contributed by atoms with Crippen molar-refractivity contribution in [2.24, 2.45) is 0 Å². The van der Waals surface area contributed by atoms with Gasteiger partial charge in [-0.15, -0.1) is 0 Å². The fraction of sp³-hybridized carbons (Fsp3) is 0.0667. The van der Waals surface area contributed by atoms with Crippen LogP contribution in [0.3, 0.4) is 0 Å². The van der Waals surface area contributed by atoms with Crippen LogP contribution in [0.4, 0.5) is 18.9 Å². The molecule has 0 aliphatic rings. The molecule has 0 fully saturated rings. The zero-order valence-electron chi connectivity index (χ0n) is 12.0. The van der Waals surface area contributed by atoms with Gasteiger partial charge in [-0.2, -0.15) is 0 Å². The van der Waals surface area contributed by atoms with Crippen molar-refractivity contribution in [2.45, 2.75) is 0 Å². The maximum absolute atomic E-state index is 13.4. The molecule has 0 aliphatic heterocycles. The lowest BCUT2D eigenvalue weighted by atomic mass is 10.2. The molecule has 10 heteroatoms. The monoisotopic (exact) mass is 411 g/mol. The Morgan fingerprint density at radius 1 is 0.960 bits per heavy atom. The van der Waals surface area contributed by atoms with E-state index in [0.717, 1.165) is 6.07 Å². The van der Waals surface area contributed by atoms with E-state index in [0.29, 0.717) is 6.07 Å². The third kappa shape index (κ3) is 4.36. The molecule has 1 amide bonds. The van der Waals surface area contributed by atoms with Crippen molar-refractivity contribution in [3.63, 3.8) is 0 Å². The van der Waals surface area contributed by atoms with Crippen LogP contribution in [-0.2, 0) is 9.53 Å². The zero-order chi connectivity index (χ0) is 18.7. The van der Waals surface area contributed by atoms with Gasteiger partial charge in [0.25, 0.3) is 5.91 Å². The largest absolute Gasteiger partial charge is 0.452 e. The average molecular weight is 413 g/mol. The molecule has 0 radical (unpaired) electrons. The fourth-order valence-electron chi connectivity index (χ4n) is 1.73. The number of anilines is 1. The quantitative estimate of drug-likeness (QED) is 0.443. The molecule has 0 aliphatic carbocycles. The van der Waals surface area contributed by atoms with Gasteiger partial charge in [-0.3, -0.25) is 4.79 Å². The van der Waals surface area contributed by atoms with Gasteiger partial charge in [-0.05, 0) is 24.3 Å². The highest BCUT2D eigenvalue weighted by Crippen LogP contribution is 2.31. The molecule has 2 rings (SSSR count). The SMILES string of the molecule is O=C(COC(=O)c1c(Cl)ccc(Cl)c1Cl)Nc1ccc(F)c(F)c1F. The second-order valence-corrected chi connectivity index (χ2v) is 5.76. The number of carbonyl (C=O) groups is 2. The number of rotatable bonds is 4. The van der Waals surface area contributed by atoms with Gasteiger partial charge in [0.2, 0.25) is 0 Å². The van der Waals surface area contributed by atoms with E-state index in [1.807, 2.05) is 5.32 Å². The number of carbonyl (C=O) groups excluding carboxylic acids is 2. The lowest BCUT2D eigenvalue weighted by molar-refractivity contribution is -0.119. The summed E-state index contributed by atoms with van der Waals surface area (Å²) in [5, 5.41) is 1.77. The third-order valence-corrected chi connectivity index (χ3v) is 4.01. The van der Waals surface area contributed by atoms with Crippen LogP contribution in [-0.4, -0.2) is 18.5 Å². The highest BCUT2D eigenvalue weighted by Gasteiger charge is 2.20. The van der Waals surface area contributed by atoms with E-state index in [1.165, 1.54) is 12.1 Å². The van der Waals surface area contributed by atoms with Crippen molar-refractivity contribution in [1.82, 2.24) is 0 Å². The number of amides is 1. The summed E-state index contributed by atoms with van der Waals surface area (Å²) in [6.45, 7) is -0.851. The van der Waals surface area contributed by atoms with Gasteiger partial charge < -0.3 is 10.1 Å². The van der Waals surface area contributed by atoms with Crippen LogP contribution >= 0.6 is 34.8 Å². The van der Waals surface area contributed by atoms with Gasteiger partial charge in [0.15, 0.2) is 24.1 Å². The van der Waals surface area contributed by atoms with E-state index in [-0.39, 0.29) is 20.6 Å². The van der Waals surface area contributed by atoms with Crippen molar-refractivity contribution in [3.05, 3.63) is 62.3 Å². The summed E-state index contributed by atoms with van der Waals surface area (Å²) in [7, 11) is 0. The van der Waals surface area contributed by atoms with Crippen LogP contribution in [0.1, 0.15) is 10.4 Å². The van der Waals surface area contributed by atoms with E-state index in [4.69, 9.17) is 39.5 Å². The zero-order valence-corrected chi connectivity index (χ0v) is 14.3. The van der Waals surface area contributed by atoms with E-state index in [2.05, 4.69) is 0 Å². The van der Waals surface area contributed by atoms with Gasteiger partial charge >= 0.3 is 5.97 Å². The lowest BCUT2D eigenvalue weighted by Gasteiger charge is -2.10. The number of halogens is 6. The van der Waals surface area contributed by atoms with E-state index < -0.39 is 41.6 Å². The summed E-state index contributed by atoms with van der Waals surface area (Å²) in [5.41, 5.74) is -0.860. The molecule has 4 nitrogen and oxygen atoms in total. The number of nitrogens with one attached hydrogen (secondary N) is 1. The van der Waals surface area contributed by atoms with Crippen LogP contribution in [0.2, 0.25) is 15.1 Å². The molecular weight excluding hydrogens is 406 g/mol. The Morgan fingerprint density at radius 3 is 2.28 bits per heavy atom. The highest BCUT2D eigenvalue weighted by molar-refractivity contribution is 6.46. The molecule has 0 spiro atoms. The Balaban J connectivity index is 2.05. The number of esters is 1. The van der Waals surface area contributed by atoms with E-state index >= 15 is 0 Å². The molecule has 2 aromatic rings. The number of ether oxygens (including phenoxy) is 1. The predicted molar refractivity (Wildman–Crippen MR) is 86.7 cm³/mol. The van der Waals surface area contributed by atoms with Crippen molar-refractivity contribution >= 4 is 52.4 Å². The molecule has 1 N–H and O–H groups in total. The fourth-order valence-corrected chi connectivity index (χ4v) is 2.41. The van der Waals surface area contributed by atoms with Gasteiger partial charge in [-0.1, -0.05) is 34.8 Å². The molecular formula is C15H7Cl3F3NO3. The van der Waals surface area contributed by atoms with Crippen molar-refractivity contribution in [2.75, 3.05) is 11.9 Å². The smallest absolute Gasteiger partial charge is 0.341 e. The average Bonchev–Trinajstić information content (AvgIpc) is 2.57. The van der Waals surface area contributed by atoms with Crippen LogP contribution < -0.4 is 5.32 Å². The van der Waals surface area contributed by atoms with Crippen LogP contribution in [0.5, 0.6) is 0 Å². The number of benzene rings is 2. The molecule has 0 heterocycles. The highest BCUT2D eigenvalue weighted by atomic mass is 35.5. The molecule has 25 heavy (non-hydrogen) atoms. The molecule has 132 valence electrons. The van der Waals surface area contributed by atoms with Gasteiger partial charge in [-0.25, -0.2) is 18.0 Å². The maximum atomic E-state index is 13.4. The standard InChI is InChI=1S/C15H7Cl3F3NO3/c16-6-1-2-7(17)12(18)11(6)15(24)25-5-10(23)22-9-4-3-8(19)13(20)14(9)21/h1-4H,5H2,(H,22,23). The molecule has 0 atom stereocenters. The summed E-state index contributed by atoms with van der Waals surface area (Å²) in [6, 6.07) is 4.12. The van der Waals surface area contributed by atoms with Gasteiger partial charge in [0.1, 0.15) is 0 Å². The topological polar surface area (TPSA) is 55.4 Å². The van der Waals surface area contributed by atoms with Crippen molar-refractivity contribution < 1.29 is 27.5 Å².